The Bertz CT molecular complexity index is 989. The van der Waals surface area contributed by atoms with Crippen molar-refractivity contribution in [2.24, 2.45) is 0 Å². The molecule has 0 saturated heterocycles. The van der Waals surface area contributed by atoms with Crippen LogP contribution in [0.2, 0.25) is 0 Å². The second kappa shape index (κ2) is 55.1. The third-order valence-electron chi connectivity index (χ3n) is 4.59. The summed E-state index contributed by atoms with van der Waals surface area (Å²) in [5.74, 6) is 1.38. The number of halogens is 1. The maximum atomic E-state index is 11.9. The number of hydrogen-bond donors (Lipinski definition) is 2. The number of alkyl halides is 1. The van der Waals surface area contributed by atoms with Crippen molar-refractivity contribution in [3.63, 3.8) is 0 Å². The van der Waals surface area contributed by atoms with Gasteiger partial charge in [-0.3, -0.25) is 23.3 Å². The first-order valence-electron chi connectivity index (χ1n) is 18.4. The summed E-state index contributed by atoms with van der Waals surface area (Å²) in [7, 11) is -9.59. The zero-order valence-electron chi connectivity index (χ0n) is 35.8. The molecule has 0 radical (unpaired) electrons. The normalized spacial score (nSPS) is 10.6. The molecule has 0 fully saturated rings. The number of carbonyl (C=O) groups excluding carboxylic acids is 2. The van der Waals surface area contributed by atoms with Crippen LogP contribution in [0.3, 0.4) is 0 Å². The first kappa shape index (κ1) is 72.6. The van der Waals surface area contributed by atoms with Gasteiger partial charge in [0.1, 0.15) is 0 Å². The SMILES string of the molecule is C.C=CCBr.C=CCP(=O)(OCC)OCC.CC(=O)S.CCOP(=O)(CCCS)OCC.CCOP(=O)(CCCSC(C)=O)OCC.CCOP(OCC)OCC. The van der Waals surface area contributed by atoms with Gasteiger partial charge in [-0.15, -0.1) is 25.8 Å². The first-order valence-corrected chi connectivity index (χ1v) is 27.9. The Balaban J connectivity index is -0.000000110. The third kappa shape index (κ3) is 63.9. The van der Waals surface area contributed by atoms with Crippen LogP contribution in [0.25, 0.3) is 0 Å². The molecule has 14 nitrogen and oxygen atoms in total. The Morgan fingerprint density at radius 3 is 1.16 bits per heavy atom. The molecule has 0 aromatic heterocycles. The molecule has 0 aromatic rings. The third-order valence-corrected chi connectivity index (χ3v) is 14.0. The molecule has 0 heterocycles. The summed E-state index contributed by atoms with van der Waals surface area (Å²) in [6.07, 6.45) is 5.91. The van der Waals surface area contributed by atoms with E-state index in [4.69, 9.17) is 40.7 Å². The van der Waals surface area contributed by atoms with Crippen LogP contribution >= 0.6 is 84.3 Å². The molecule has 0 N–H and O–H groups in total. The summed E-state index contributed by atoms with van der Waals surface area (Å²) >= 11 is 11.7. The number of hydrogen-bond acceptors (Lipinski definition) is 16. The molecule has 0 aromatic carbocycles. The molecule has 0 saturated carbocycles. The highest BCUT2D eigenvalue weighted by Gasteiger charge is 2.23. The van der Waals surface area contributed by atoms with Crippen molar-refractivity contribution in [3.8, 4) is 0 Å². The van der Waals surface area contributed by atoms with E-state index < -0.39 is 31.4 Å². The van der Waals surface area contributed by atoms with Crippen molar-refractivity contribution in [2.75, 3.05) is 94.8 Å². The summed E-state index contributed by atoms with van der Waals surface area (Å²) in [4.78, 5) is 20.0. The van der Waals surface area contributed by atoms with Crippen molar-refractivity contribution in [3.05, 3.63) is 25.3 Å². The van der Waals surface area contributed by atoms with Gasteiger partial charge in [0, 0.05) is 24.9 Å². The van der Waals surface area contributed by atoms with Crippen molar-refractivity contribution in [2.45, 2.75) is 96.4 Å². The fourth-order valence-corrected chi connectivity index (χ4v) is 9.75. The summed E-state index contributed by atoms with van der Waals surface area (Å²) in [5.41, 5.74) is 0. The van der Waals surface area contributed by atoms with Crippen LogP contribution in [-0.4, -0.2) is 105 Å². The van der Waals surface area contributed by atoms with E-state index in [0.29, 0.717) is 89.7 Å². The highest BCUT2D eigenvalue weighted by molar-refractivity contribution is 9.09. The fraction of sp³-hybridized carbons (Fsp3) is 0.829. The van der Waals surface area contributed by atoms with Crippen LogP contribution in [0.4, 0.5) is 0 Å². The van der Waals surface area contributed by atoms with E-state index in [1.165, 1.54) is 25.6 Å². The maximum Gasteiger partial charge on any atom is 0.334 e. The Labute approximate surface area is 373 Å². The molecule has 0 bridgehead atoms. The highest BCUT2D eigenvalue weighted by Crippen LogP contribution is 2.49. The van der Waals surface area contributed by atoms with Crippen LogP contribution in [-0.2, 0) is 64.0 Å². The van der Waals surface area contributed by atoms with E-state index in [0.717, 1.165) is 11.8 Å². The van der Waals surface area contributed by atoms with Gasteiger partial charge in [-0.2, -0.15) is 12.6 Å². The average Bonchev–Trinajstić information content (AvgIpc) is 3.11. The molecule has 0 aliphatic heterocycles. The molecule has 0 unspecified atom stereocenters. The lowest BCUT2D eigenvalue weighted by Gasteiger charge is -2.16. The minimum absolute atomic E-state index is 0. The molecule has 0 amide bonds. The molecule has 0 aliphatic rings. The van der Waals surface area contributed by atoms with Gasteiger partial charge in [-0.1, -0.05) is 47.3 Å². The van der Waals surface area contributed by atoms with Crippen molar-refractivity contribution in [1.82, 2.24) is 0 Å². The molecule has 0 atom stereocenters. The molecular formula is C35H79BrO14P4S3. The lowest BCUT2D eigenvalue weighted by molar-refractivity contribution is -0.109. The zero-order chi connectivity index (χ0) is 44.7. The number of thiol groups is 2. The summed E-state index contributed by atoms with van der Waals surface area (Å²) in [6.45, 7) is 30.8. The molecule has 22 heteroatoms. The summed E-state index contributed by atoms with van der Waals surface area (Å²) in [6, 6.07) is 0. The molecular weight excluding hydrogens is 944 g/mol. The van der Waals surface area contributed by atoms with Crippen LogP contribution in [0.5, 0.6) is 0 Å². The predicted octanol–water partition coefficient (Wildman–Crippen LogP) is 12.9. The number of allylic oxidation sites excluding steroid dienone is 2. The van der Waals surface area contributed by atoms with Gasteiger partial charge in [-0.25, -0.2) is 0 Å². The fourth-order valence-electron chi connectivity index (χ4n) is 2.98. The van der Waals surface area contributed by atoms with E-state index in [1.807, 2.05) is 34.6 Å². The van der Waals surface area contributed by atoms with Gasteiger partial charge >= 0.3 is 31.4 Å². The topological polar surface area (TPSA) is 168 Å². The Morgan fingerprint density at radius 2 is 0.930 bits per heavy atom. The lowest BCUT2D eigenvalue weighted by Crippen LogP contribution is -2.01. The Morgan fingerprint density at radius 1 is 0.632 bits per heavy atom. The van der Waals surface area contributed by atoms with E-state index in [2.05, 4.69) is 54.3 Å². The standard InChI is InChI=1S/C9H19O4PS.C7H17O3PS.C7H15O3P.C6H15O3P.C3H5Br.C2H4OS.CH4/c1-4-12-14(11,13-5-2)7-6-8-15-9(3)10;1-3-9-11(8,10-4-2)6-5-7-12;1-4-7-11(8,9-5-2)10-6-3;1-4-7-10(8-5-2)9-6-3;1-2-3-4;1-2(3)4;/h4-8H2,1-3H3;12H,3-7H2,1-2H3;4H,1,5-7H2,2-3H3;4-6H2,1-3H3;2H,1,3H2;1H3,(H,3,4);1H4. The summed E-state index contributed by atoms with van der Waals surface area (Å²) in [5, 5.41) is 0.838. The van der Waals surface area contributed by atoms with E-state index >= 15 is 0 Å². The first-order chi connectivity index (χ1) is 26.4. The monoisotopic (exact) mass is 1020 g/mol. The number of thioether (sulfide) groups is 1. The molecule has 0 aliphatic carbocycles. The highest BCUT2D eigenvalue weighted by atomic mass is 79.9. The minimum Gasteiger partial charge on any atom is -0.313 e. The quantitative estimate of drug-likeness (QED) is 0.0249. The van der Waals surface area contributed by atoms with Crippen LogP contribution in [0, 0.1) is 0 Å². The second-order valence-electron chi connectivity index (χ2n) is 9.47. The van der Waals surface area contributed by atoms with Gasteiger partial charge in [0.05, 0.1) is 77.9 Å². The molecule has 0 spiro atoms. The predicted molar refractivity (Wildman–Crippen MR) is 256 cm³/mol. The van der Waals surface area contributed by atoms with Crippen LogP contribution < -0.4 is 0 Å². The molecule has 57 heavy (non-hydrogen) atoms. The second-order valence-corrected chi connectivity index (χ2v) is 20.2. The molecule has 0 rings (SSSR count). The minimum atomic E-state index is -2.90. The van der Waals surface area contributed by atoms with Crippen molar-refractivity contribution < 1.29 is 64.0 Å². The molecule has 348 valence electrons. The lowest BCUT2D eigenvalue weighted by atomic mass is 10.6. The average molecular weight is 1020 g/mol. The smallest absolute Gasteiger partial charge is 0.313 e. The van der Waals surface area contributed by atoms with Gasteiger partial charge < -0.3 is 40.7 Å². The van der Waals surface area contributed by atoms with E-state index in [9.17, 15) is 23.3 Å². The largest absolute Gasteiger partial charge is 0.334 e. The van der Waals surface area contributed by atoms with E-state index in [1.54, 1.807) is 39.8 Å². The van der Waals surface area contributed by atoms with Gasteiger partial charge in [0.25, 0.3) is 0 Å². The van der Waals surface area contributed by atoms with Gasteiger partial charge in [0.2, 0.25) is 0 Å². The number of carbonyl (C=O) groups is 2. The maximum absolute atomic E-state index is 11.9. The van der Waals surface area contributed by atoms with E-state index in [-0.39, 0.29) is 23.8 Å². The van der Waals surface area contributed by atoms with Crippen molar-refractivity contribution in [1.29, 1.82) is 0 Å². The Hall–Kier alpha value is 1.11. The number of rotatable bonds is 28. The van der Waals surface area contributed by atoms with Gasteiger partial charge in [-0.05, 0) is 80.9 Å². The van der Waals surface area contributed by atoms with Crippen molar-refractivity contribution >= 4 is 94.6 Å². The van der Waals surface area contributed by atoms with Gasteiger partial charge in [0.15, 0.2) is 10.2 Å². The van der Waals surface area contributed by atoms with Crippen LogP contribution in [0.1, 0.15) is 96.4 Å². The Kier molecular flexibility index (Phi) is 70.2. The zero-order valence-corrected chi connectivity index (χ0v) is 43.5. The summed E-state index contributed by atoms with van der Waals surface area (Å²) < 4.78 is 80.9. The van der Waals surface area contributed by atoms with Crippen LogP contribution in [0.15, 0.2) is 25.3 Å².